The van der Waals surface area contributed by atoms with E-state index in [1.165, 1.54) is 25.7 Å². The maximum absolute atomic E-state index is 12.1. The van der Waals surface area contributed by atoms with Crippen molar-refractivity contribution >= 4 is 10.9 Å². The molecule has 4 rings (SSSR count). The Bertz CT molecular complexity index is 686. The van der Waals surface area contributed by atoms with Crippen LogP contribution in [0, 0.1) is 17.8 Å². The zero-order valence-electron chi connectivity index (χ0n) is 12.3. The molecule has 0 bridgehead atoms. The van der Waals surface area contributed by atoms with Crippen molar-refractivity contribution in [1.82, 2.24) is 10.3 Å². The van der Waals surface area contributed by atoms with Crippen molar-refractivity contribution in [3.63, 3.8) is 0 Å². The van der Waals surface area contributed by atoms with Gasteiger partial charge in [0.25, 0.3) is 5.56 Å². The van der Waals surface area contributed by atoms with Gasteiger partial charge in [0.1, 0.15) is 0 Å². The smallest absolute Gasteiger partial charge is 0.252 e. The van der Waals surface area contributed by atoms with Crippen LogP contribution in [0.4, 0.5) is 0 Å². The van der Waals surface area contributed by atoms with Gasteiger partial charge in [-0.1, -0.05) is 18.2 Å². The van der Waals surface area contributed by atoms with E-state index in [-0.39, 0.29) is 5.56 Å². The number of hydrogen-bond donors (Lipinski definition) is 2. The molecule has 0 atom stereocenters. The number of aromatic amines is 1. The SMILES string of the molecule is O=c1[nH]c2ccccc2cc1CNCC(C1CC1)C1CC1. The first-order valence-electron chi connectivity index (χ1n) is 8.13. The molecule has 2 fully saturated rings. The Kier molecular flexibility index (Phi) is 3.30. The molecule has 3 nitrogen and oxygen atoms in total. The second-order valence-corrected chi connectivity index (χ2v) is 6.68. The van der Waals surface area contributed by atoms with Crippen LogP contribution in [-0.4, -0.2) is 11.5 Å². The van der Waals surface area contributed by atoms with Gasteiger partial charge >= 0.3 is 0 Å². The number of nitrogens with one attached hydrogen (secondary N) is 2. The van der Waals surface area contributed by atoms with Crippen LogP contribution in [0.15, 0.2) is 35.1 Å². The Morgan fingerprint density at radius 2 is 1.86 bits per heavy atom. The lowest BCUT2D eigenvalue weighted by Crippen LogP contribution is -2.27. The highest BCUT2D eigenvalue weighted by molar-refractivity contribution is 5.78. The summed E-state index contributed by atoms with van der Waals surface area (Å²) in [7, 11) is 0. The molecule has 0 saturated heterocycles. The third-order valence-electron chi connectivity index (χ3n) is 4.98. The van der Waals surface area contributed by atoms with E-state index in [2.05, 4.69) is 10.3 Å². The van der Waals surface area contributed by atoms with Gasteiger partial charge in [-0.25, -0.2) is 0 Å². The highest BCUT2D eigenvalue weighted by Gasteiger charge is 2.40. The van der Waals surface area contributed by atoms with Crippen molar-refractivity contribution in [2.24, 2.45) is 17.8 Å². The molecule has 3 heteroatoms. The molecule has 2 aromatic rings. The van der Waals surface area contributed by atoms with E-state index in [1.807, 2.05) is 30.3 Å². The fourth-order valence-electron chi connectivity index (χ4n) is 3.46. The number of H-pyrrole nitrogens is 1. The molecule has 0 aliphatic heterocycles. The first-order chi connectivity index (χ1) is 10.3. The zero-order valence-corrected chi connectivity index (χ0v) is 12.3. The van der Waals surface area contributed by atoms with Crippen LogP contribution in [0.1, 0.15) is 31.2 Å². The molecule has 2 saturated carbocycles. The van der Waals surface area contributed by atoms with E-state index in [1.54, 1.807) is 0 Å². The number of aromatic nitrogens is 1. The molecular weight excluding hydrogens is 260 g/mol. The molecule has 0 spiro atoms. The quantitative estimate of drug-likeness (QED) is 0.855. The first-order valence-corrected chi connectivity index (χ1v) is 8.13. The predicted molar refractivity (Wildman–Crippen MR) is 85.2 cm³/mol. The Labute approximate surface area is 124 Å². The summed E-state index contributed by atoms with van der Waals surface area (Å²) in [5.41, 5.74) is 1.80. The second-order valence-electron chi connectivity index (χ2n) is 6.68. The molecular formula is C18H22N2O. The van der Waals surface area contributed by atoms with Gasteiger partial charge in [-0.3, -0.25) is 4.79 Å². The number of pyridine rings is 1. The van der Waals surface area contributed by atoms with Gasteiger partial charge in [-0.2, -0.15) is 0 Å². The summed E-state index contributed by atoms with van der Waals surface area (Å²) in [4.78, 5) is 15.1. The van der Waals surface area contributed by atoms with Crippen molar-refractivity contribution in [3.8, 4) is 0 Å². The fourth-order valence-corrected chi connectivity index (χ4v) is 3.46. The minimum absolute atomic E-state index is 0.0376. The van der Waals surface area contributed by atoms with Gasteiger partial charge in [0.15, 0.2) is 0 Å². The normalized spacial score (nSPS) is 18.5. The molecule has 0 radical (unpaired) electrons. The lowest BCUT2D eigenvalue weighted by molar-refractivity contribution is 0.378. The zero-order chi connectivity index (χ0) is 14.2. The van der Waals surface area contributed by atoms with Gasteiger partial charge in [0.2, 0.25) is 0 Å². The van der Waals surface area contributed by atoms with E-state index in [4.69, 9.17) is 0 Å². The van der Waals surface area contributed by atoms with Gasteiger partial charge in [-0.05, 0) is 67.5 Å². The van der Waals surface area contributed by atoms with Crippen LogP contribution in [0.3, 0.4) is 0 Å². The topological polar surface area (TPSA) is 44.9 Å². The molecule has 1 aromatic heterocycles. The van der Waals surface area contributed by atoms with Crippen LogP contribution >= 0.6 is 0 Å². The van der Waals surface area contributed by atoms with Crippen LogP contribution < -0.4 is 10.9 Å². The van der Waals surface area contributed by atoms with Gasteiger partial charge < -0.3 is 10.3 Å². The monoisotopic (exact) mass is 282 g/mol. The van der Waals surface area contributed by atoms with Gasteiger partial charge in [-0.15, -0.1) is 0 Å². The standard InChI is InChI=1S/C18H22N2O/c21-18-15(9-14-3-1-2-4-17(14)20-18)10-19-11-16(12-5-6-12)13-7-8-13/h1-4,9,12-13,16,19H,5-8,10-11H2,(H,20,21). The Morgan fingerprint density at radius 1 is 1.14 bits per heavy atom. The third-order valence-corrected chi connectivity index (χ3v) is 4.98. The van der Waals surface area contributed by atoms with Crippen molar-refractivity contribution in [2.45, 2.75) is 32.2 Å². The molecule has 1 aromatic carbocycles. The van der Waals surface area contributed by atoms with Crippen molar-refractivity contribution in [3.05, 3.63) is 46.2 Å². The highest BCUT2D eigenvalue weighted by Crippen LogP contribution is 2.48. The van der Waals surface area contributed by atoms with E-state index >= 15 is 0 Å². The van der Waals surface area contributed by atoms with E-state index in [0.29, 0.717) is 6.54 Å². The number of para-hydroxylation sites is 1. The van der Waals surface area contributed by atoms with Crippen LogP contribution in [-0.2, 0) is 6.54 Å². The summed E-state index contributed by atoms with van der Waals surface area (Å²) in [6.07, 6.45) is 5.66. The Morgan fingerprint density at radius 3 is 2.57 bits per heavy atom. The molecule has 21 heavy (non-hydrogen) atoms. The molecule has 2 N–H and O–H groups in total. The fraction of sp³-hybridized carbons (Fsp3) is 0.500. The molecule has 0 amide bonds. The molecule has 1 heterocycles. The average Bonchev–Trinajstić information content (AvgIpc) is 3.37. The van der Waals surface area contributed by atoms with Crippen LogP contribution in [0.25, 0.3) is 10.9 Å². The van der Waals surface area contributed by atoms with Gasteiger partial charge in [0, 0.05) is 17.6 Å². The maximum Gasteiger partial charge on any atom is 0.252 e. The Hall–Kier alpha value is -1.61. The molecule has 110 valence electrons. The van der Waals surface area contributed by atoms with Crippen molar-refractivity contribution in [2.75, 3.05) is 6.54 Å². The molecule has 2 aliphatic carbocycles. The summed E-state index contributed by atoms with van der Waals surface area (Å²) in [5, 5.41) is 4.64. The number of fused-ring (bicyclic) bond motifs is 1. The number of benzene rings is 1. The summed E-state index contributed by atoms with van der Waals surface area (Å²) in [5.74, 6) is 2.77. The summed E-state index contributed by atoms with van der Waals surface area (Å²) < 4.78 is 0. The number of rotatable bonds is 6. The number of hydrogen-bond acceptors (Lipinski definition) is 2. The maximum atomic E-state index is 12.1. The van der Waals surface area contributed by atoms with Crippen molar-refractivity contribution < 1.29 is 0 Å². The first kappa shape index (κ1) is 13.1. The minimum atomic E-state index is 0.0376. The average molecular weight is 282 g/mol. The van der Waals surface area contributed by atoms with E-state index in [0.717, 1.165) is 40.8 Å². The largest absolute Gasteiger partial charge is 0.322 e. The third kappa shape index (κ3) is 2.88. The second kappa shape index (κ2) is 5.30. The van der Waals surface area contributed by atoms with Crippen LogP contribution in [0.5, 0.6) is 0 Å². The minimum Gasteiger partial charge on any atom is -0.322 e. The molecule has 2 aliphatic rings. The highest BCUT2D eigenvalue weighted by atomic mass is 16.1. The summed E-state index contributed by atoms with van der Waals surface area (Å²) >= 11 is 0. The summed E-state index contributed by atoms with van der Waals surface area (Å²) in [6, 6.07) is 9.97. The van der Waals surface area contributed by atoms with E-state index < -0.39 is 0 Å². The van der Waals surface area contributed by atoms with Crippen molar-refractivity contribution in [1.29, 1.82) is 0 Å². The Balaban J connectivity index is 1.44. The molecule has 0 unspecified atom stereocenters. The van der Waals surface area contributed by atoms with Gasteiger partial charge in [0.05, 0.1) is 0 Å². The lowest BCUT2D eigenvalue weighted by atomic mass is 9.98. The summed E-state index contributed by atoms with van der Waals surface area (Å²) in [6.45, 7) is 1.75. The lowest BCUT2D eigenvalue weighted by Gasteiger charge is -2.16. The van der Waals surface area contributed by atoms with Crippen LogP contribution in [0.2, 0.25) is 0 Å². The van der Waals surface area contributed by atoms with E-state index in [9.17, 15) is 4.79 Å². The predicted octanol–water partition coefficient (Wildman–Crippen LogP) is 3.05.